The predicted molar refractivity (Wildman–Crippen MR) is 78.4 cm³/mol. The van der Waals surface area contributed by atoms with E-state index < -0.39 is 7.29 Å². The summed E-state index contributed by atoms with van der Waals surface area (Å²) < 4.78 is 13.0. The number of aryl methyl sites for hydroxylation is 2. The topological polar surface area (TPSA) is 65.8 Å². The van der Waals surface area contributed by atoms with Crippen molar-refractivity contribution in [2.75, 3.05) is 0 Å². The Morgan fingerprint density at radius 2 is 1.26 bits per heavy atom. The van der Waals surface area contributed by atoms with E-state index in [2.05, 4.69) is 9.80 Å². The maximum Gasteiger partial charge on any atom is 0.228 e. The third-order valence-corrected chi connectivity index (χ3v) is 5.26. The fraction of sp³-hybridized carbons (Fsp3) is 0.143. The van der Waals surface area contributed by atoms with Crippen molar-refractivity contribution in [3.05, 3.63) is 70.1 Å². The number of rotatable bonds is 3. The molecule has 0 amide bonds. The molecule has 0 aliphatic rings. The van der Waals surface area contributed by atoms with Crippen molar-refractivity contribution in [1.29, 1.82) is 0 Å². The van der Waals surface area contributed by atoms with Crippen molar-refractivity contribution < 1.29 is 4.57 Å². The van der Waals surface area contributed by atoms with Crippen LogP contribution in [-0.4, -0.2) is 0 Å². The Labute approximate surface area is 112 Å². The van der Waals surface area contributed by atoms with Gasteiger partial charge in [0.15, 0.2) is 0 Å². The molecule has 0 bridgehead atoms. The molecule has 2 aromatic carbocycles. The molecule has 2 aromatic rings. The summed E-state index contributed by atoms with van der Waals surface area (Å²) in [4.78, 5) is 6.36. The third-order valence-electron chi connectivity index (χ3n) is 2.93. The van der Waals surface area contributed by atoms with E-state index >= 15 is 0 Å². The third kappa shape index (κ3) is 2.70. The van der Waals surface area contributed by atoms with Gasteiger partial charge in [-0.2, -0.15) is 0 Å². The summed E-state index contributed by atoms with van der Waals surface area (Å²) in [7, 11) is -3.26. The zero-order valence-electron chi connectivity index (χ0n) is 10.8. The Bertz CT molecular complexity index is 621. The Balaban J connectivity index is 2.61. The molecule has 0 spiro atoms. The molecule has 0 heterocycles. The number of azide groups is 1. The maximum atomic E-state index is 13.0. The number of nitrogens with zero attached hydrogens (tertiary/aromatic N) is 3. The first-order valence-electron chi connectivity index (χ1n) is 5.87. The summed E-state index contributed by atoms with van der Waals surface area (Å²) in [5.74, 6) is 0. The molecule has 0 saturated heterocycles. The average molecular weight is 271 g/mol. The minimum absolute atomic E-state index is 0.555. The molecular formula is C14H14N3OP. The van der Waals surface area contributed by atoms with Gasteiger partial charge in [-0.3, -0.25) is 0 Å². The zero-order valence-corrected chi connectivity index (χ0v) is 11.7. The minimum atomic E-state index is -3.26. The van der Waals surface area contributed by atoms with Gasteiger partial charge < -0.3 is 4.57 Å². The molecule has 0 atom stereocenters. The lowest BCUT2D eigenvalue weighted by molar-refractivity contribution is 0.588. The Morgan fingerprint density at radius 1 is 0.895 bits per heavy atom. The van der Waals surface area contributed by atoms with Crippen molar-refractivity contribution in [3.63, 3.8) is 0 Å². The lowest BCUT2D eigenvalue weighted by atomic mass is 10.2. The van der Waals surface area contributed by atoms with Crippen LogP contribution in [0.4, 0.5) is 0 Å². The minimum Gasteiger partial charge on any atom is -0.307 e. The van der Waals surface area contributed by atoms with Crippen LogP contribution in [-0.2, 0) is 4.57 Å². The van der Waals surface area contributed by atoms with Gasteiger partial charge in [-0.1, -0.05) is 59.7 Å². The quantitative estimate of drug-likeness (QED) is 0.362. The average Bonchev–Trinajstić information content (AvgIpc) is 2.40. The summed E-state index contributed by atoms with van der Waals surface area (Å²) in [5.41, 5.74) is 10.9. The van der Waals surface area contributed by atoms with Crippen LogP contribution in [0.2, 0.25) is 0 Å². The second kappa shape index (κ2) is 5.31. The highest BCUT2D eigenvalue weighted by atomic mass is 31.2. The van der Waals surface area contributed by atoms with E-state index in [1.165, 1.54) is 0 Å². The molecule has 0 radical (unpaired) electrons. The van der Waals surface area contributed by atoms with E-state index in [0.29, 0.717) is 10.6 Å². The van der Waals surface area contributed by atoms with Gasteiger partial charge in [0.05, 0.1) is 0 Å². The van der Waals surface area contributed by atoms with Gasteiger partial charge in [0.2, 0.25) is 7.29 Å². The van der Waals surface area contributed by atoms with Crippen molar-refractivity contribution in [3.8, 4) is 0 Å². The highest BCUT2D eigenvalue weighted by molar-refractivity contribution is 7.77. The van der Waals surface area contributed by atoms with Gasteiger partial charge in [0, 0.05) is 15.5 Å². The molecule has 0 aliphatic heterocycles. The van der Waals surface area contributed by atoms with Crippen LogP contribution >= 0.6 is 7.29 Å². The molecule has 2 rings (SSSR count). The molecule has 19 heavy (non-hydrogen) atoms. The van der Waals surface area contributed by atoms with E-state index in [0.717, 1.165) is 11.1 Å². The number of hydrogen-bond donors (Lipinski definition) is 0. The van der Waals surface area contributed by atoms with Crippen LogP contribution in [0.1, 0.15) is 11.1 Å². The summed E-state index contributed by atoms with van der Waals surface area (Å²) in [6.45, 7) is 3.91. The van der Waals surface area contributed by atoms with E-state index in [1.54, 1.807) is 24.3 Å². The van der Waals surface area contributed by atoms with Gasteiger partial charge in [0.1, 0.15) is 0 Å². The molecule has 5 heteroatoms. The maximum absolute atomic E-state index is 13.0. The first-order chi connectivity index (χ1) is 9.06. The lowest BCUT2D eigenvalue weighted by Gasteiger charge is -2.13. The molecule has 0 saturated carbocycles. The first-order valence-corrected chi connectivity index (χ1v) is 7.53. The van der Waals surface area contributed by atoms with Crippen molar-refractivity contribution in [2.45, 2.75) is 13.8 Å². The molecule has 4 nitrogen and oxygen atoms in total. The summed E-state index contributed by atoms with van der Waals surface area (Å²) in [5, 5.41) is 1.11. The SMILES string of the molecule is Cc1ccc(P(=O)(N=[N+]=[N-])c2ccc(C)cc2)cc1. The fourth-order valence-electron chi connectivity index (χ4n) is 1.80. The first kappa shape index (κ1) is 13.4. The van der Waals surface area contributed by atoms with Crippen LogP contribution in [0.15, 0.2) is 53.4 Å². The molecule has 96 valence electrons. The number of hydrogen-bond acceptors (Lipinski definition) is 1. The van der Waals surface area contributed by atoms with Crippen molar-refractivity contribution in [2.24, 2.45) is 4.88 Å². The van der Waals surface area contributed by atoms with Crippen LogP contribution in [0.3, 0.4) is 0 Å². The second-order valence-electron chi connectivity index (χ2n) is 4.43. The van der Waals surface area contributed by atoms with Crippen molar-refractivity contribution in [1.82, 2.24) is 0 Å². The molecule has 0 fully saturated rings. The van der Waals surface area contributed by atoms with E-state index in [-0.39, 0.29) is 0 Å². The van der Waals surface area contributed by atoms with E-state index in [9.17, 15) is 4.57 Å². The van der Waals surface area contributed by atoms with Crippen LogP contribution in [0.25, 0.3) is 10.4 Å². The Hall–Kier alpha value is -2.02. The summed E-state index contributed by atoms with van der Waals surface area (Å²) in [6, 6.07) is 14.5. The molecule has 0 aliphatic carbocycles. The highest BCUT2D eigenvalue weighted by Gasteiger charge is 2.25. The zero-order chi connectivity index (χ0) is 13.9. The number of benzene rings is 2. The molecule has 0 aromatic heterocycles. The van der Waals surface area contributed by atoms with Gasteiger partial charge >= 0.3 is 0 Å². The standard InChI is InChI=1S/C14H14N3OP/c1-11-3-7-13(8-4-11)19(18,17-16-15)14-9-5-12(2)6-10-14/h3-10H,1-2H3. The van der Waals surface area contributed by atoms with Gasteiger partial charge in [0.25, 0.3) is 0 Å². The molecule has 0 unspecified atom stereocenters. The summed E-state index contributed by atoms with van der Waals surface area (Å²) >= 11 is 0. The Morgan fingerprint density at radius 3 is 1.58 bits per heavy atom. The Kier molecular flexibility index (Phi) is 3.75. The van der Waals surface area contributed by atoms with Gasteiger partial charge in [-0.05, 0) is 24.3 Å². The smallest absolute Gasteiger partial charge is 0.228 e. The molecular weight excluding hydrogens is 257 g/mol. The second-order valence-corrected chi connectivity index (χ2v) is 6.79. The van der Waals surface area contributed by atoms with Crippen LogP contribution < -0.4 is 10.6 Å². The van der Waals surface area contributed by atoms with Crippen molar-refractivity contribution >= 4 is 17.9 Å². The normalized spacial score (nSPS) is 10.8. The summed E-state index contributed by atoms with van der Waals surface area (Å²) in [6.07, 6.45) is 0. The van der Waals surface area contributed by atoms with E-state index in [4.69, 9.17) is 5.53 Å². The van der Waals surface area contributed by atoms with Crippen LogP contribution in [0, 0.1) is 13.8 Å². The van der Waals surface area contributed by atoms with Crippen LogP contribution in [0.5, 0.6) is 0 Å². The fourth-order valence-corrected chi connectivity index (χ4v) is 3.53. The lowest BCUT2D eigenvalue weighted by Crippen LogP contribution is -2.14. The largest absolute Gasteiger partial charge is 0.307 e. The monoisotopic (exact) mass is 271 g/mol. The highest BCUT2D eigenvalue weighted by Crippen LogP contribution is 2.45. The predicted octanol–water partition coefficient (Wildman–Crippen LogP) is 3.84. The van der Waals surface area contributed by atoms with Gasteiger partial charge in [-0.15, -0.1) is 0 Å². The van der Waals surface area contributed by atoms with Gasteiger partial charge in [-0.25, -0.2) is 0 Å². The molecule has 0 N–H and O–H groups in total. The van der Waals surface area contributed by atoms with E-state index in [1.807, 2.05) is 38.1 Å².